The summed E-state index contributed by atoms with van der Waals surface area (Å²) in [5, 5.41) is 10.9. The summed E-state index contributed by atoms with van der Waals surface area (Å²) in [6.07, 6.45) is 0. The monoisotopic (exact) mass is 287 g/mol. The number of hydrogen-bond donors (Lipinski definition) is 1. The number of urea groups is 1. The van der Waals surface area contributed by atoms with E-state index < -0.39 is 12.0 Å². The van der Waals surface area contributed by atoms with Crippen molar-refractivity contribution in [2.45, 2.75) is 12.6 Å². The van der Waals surface area contributed by atoms with E-state index in [0.29, 0.717) is 18.2 Å². The standard InChI is InChI=1S/C10H13N3O3S2/c1-12(2-7-3-17-5-11-7)10(16)13-6-18-4-8(13)9(14)15/h3,5,8H,2,4,6H2,1H3,(H,14,15)/t8-/m0/s1. The summed E-state index contributed by atoms with van der Waals surface area (Å²) in [5.41, 5.74) is 2.52. The average Bonchev–Trinajstić information content (AvgIpc) is 2.97. The van der Waals surface area contributed by atoms with E-state index >= 15 is 0 Å². The molecule has 0 saturated carbocycles. The third-order valence-electron chi connectivity index (χ3n) is 2.62. The topological polar surface area (TPSA) is 73.7 Å². The first-order chi connectivity index (χ1) is 8.59. The van der Waals surface area contributed by atoms with Crippen LogP contribution in [0.4, 0.5) is 4.79 Å². The highest BCUT2D eigenvalue weighted by atomic mass is 32.2. The van der Waals surface area contributed by atoms with E-state index in [1.807, 2.05) is 5.38 Å². The number of carbonyl (C=O) groups is 2. The van der Waals surface area contributed by atoms with Gasteiger partial charge in [0.1, 0.15) is 6.04 Å². The Morgan fingerprint density at radius 3 is 3.06 bits per heavy atom. The van der Waals surface area contributed by atoms with Gasteiger partial charge in [-0.2, -0.15) is 0 Å². The summed E-state index contributed by atoms with van der Waals surface area (Å²) in [6.45, 7) is 0.399. The lowest BCUT2D eigenvalue weighted by molar-refractivity contribution is -0.140. The number of hydrogen-bond acceptors (Lipinski definition) is 5. The third-order valence-corrected chi connectivity index (χ3v) is 4.27. The van der Waals surface area contributed by atoms with Crippen molar-refractivity contribution in [1.29, 1.82) is 0 Å². The van der Waals surface area contributed by atoms with Crippen molar-refractivity contribution in [3.8, 4) is 0 Å². The highest BCUT2D eigenvalue weighted by molar-refractivity contribution is 7.99. The van der Waals surface area contributed by atoms with E-state index in [1.54, 1.807) is 12.6 Å². The van der Waals surface area contributed by atoms with E-state index in [9.17, 15) is 9.59 Å². The summed E-state index contributed by atoms with van der Waals surface area (Å²) < 4.78 is 0. The van der Waals surface area contributed by atoms with E-state index in [4.69, 9.17) is 5.11 Å². The second kappa shape index (κ2) is 5.57. The highest BCUT2D eigenvalue weighted by Gasteiger charge is 2.35. The molecular formula is C10H13N3O3S2. The van der Waals surface area contributed by atoms with Gasteiger partial charge in [-0.3, -0.25) is 0 Å². The van der Waals surface area contributed by atoms with Crippen LogP contribution in [-0.4, -0.2) is 56.6 Å². The number of nitrogens with zero attached hydrogens (tertiary/aromatic N) is 3. The minimum absolute atomic E-state index is 0.264. The first kappa shape index (κ1) is 13.2. The predicted molar refractivity (Wildman–Crippen MR) is 69.6 cm³/mol. The van der Waals surface area contributed by atoms with Crippen LogP contribution in [0, 0.1) is 0 Å². The normalized spacial score (nSPS) is 18.9. The van der Waals surface area contributed by atoms with Gasteiger partial charge >= 0.3 is 12.0 Å². The Bertz CT molecular complexity index is 438. The molecule has 0 radical (unpaired) electrons. The Labute approximate surface area is 113 Å². The number of aliphatic carboxylic acids is 1. The molecule has 98 valence electrons. The first-order valence-electron chi connectivity index (χ1n) is 5.29. The molecule has 1 saturated heterocycles. The lowest BCUT2D eigenvalue weighted by atomic mass is 10.3. The smallest absolute Gasteiger partial charge is 0.327 e. The first-order valence-corrected chi connectivity index (χ1v) is 7.38. The molecule has 2 amide bonds. The number of thiazole rings is 1. The molecule has 1 fully saturated rings. The van der Waals surface area contributed by atoms with Crippen LogP contribution in [0.5, 0.6) is 0 Å². The Kier molecular flexibility index (Phi) is 4.07. The van der Waals surface area contributed by atoms with Crippen LogP contribution >= 0.6 is 23.1 Å². The summed E-state index contributed by atoms with van der Waals surface area (Å²) in [4.78, 5) is 30.1. The lowest BCUT2D eigenvalue weighted by Gasteiger charge is -2.26. The van der Waals surface area contributed by atoms with E-state index in [0.717, 1.165) is 5.69 Å². The van der Waals surface area contributed by atoms with E-state index in [2.05, 4.69) is 4.98 Å². The molecule has 1 atom stereocenters. The van der Waals surface area contributed by atoms with Crippen molar-refractivity contribution < 1.29 is 14.7 Å². The molecule has 0 bridgehead atoms. The molecule has 2 rings (SSSR count). The maximum absolute atomic E-state index is 12.1. The van der Waals surface area contributed by atoms with Gasteiger partial charge in [0.2, 0.25) is 0 Å². The molecule has 1 N–H and O–H groups in total. The summed E-state index contributed by atoms with van der Waals surface area (Å²) in [7, 11) is 1.66. The van der Waals surface area contributed by atoms with E-state index in [-0.39, 0.29) is 6.03 Å². The van der Waals surface area contributed by atoms with Crippen molar-refractivity contribution in [3.05, 3.63) is 16.6 Å². The van der Waals surface area contributed by atoms with Gasteiger partial charge < -0.3 is 14.9 Å². The molecule has 1 aromatic heterocycles. The molecule has 6 nitrogen and oxygen atoms in total. The number of thioether (sulfide) groups is 1. The molecule has 0 aliphatic carbocycles. The van der Waals surface area contributed by atoms with E-state index in [1.165, 1.54) is 32.9 Å². The van der Waals surface area contributed by atoms with Crippen molar-refractivity contribution in [1.82, 2.24) is 14.8 Å². The Morgan fingerprint density at radius 2 is 2.44 bits per heavy atom. The zero-order chi connectivity index (χ0) is 13.1. The number of aromatic nitrogens is 1. The molecule has 1 aromatic rings. The van der Waals surface area contributed by atoms with Crippen molar-refractivity contribution in [3.63, 3.8) is 0 Å². The molecule has 18 heavy (non-hydrogen) atoms. The Morgan fingerprint density at radius 1 is 1.67 bits per heavy atom. The minimum atomic E-state index is -0.949. The summed E-state index contributed by atoms with van der Waals surface area (Å²) >= 11 is 2.93. The van der Waals surface area contributed by atoms with Crippen LogP contribution in [0.25, 0.3) is 0 Å². The third kappa shape index (κ3) is 2.75. The predicted octanol–water partition coefficient (Wildman–Crippen LogP) is 1.15. The van der Waals surface area contributed by atoms with Gasteiger partial charge in [-0.15, -0.1) is 23.1 Å². The highest BCUT2D eigenvalue weighted by Crippen LogP contribution is 2.22. The van der Waals surface area contributed by atoms with Crippen LogP contribution in [0.1, 0.15) is 5.69 Å². The van der Waals surface area contributed by atoms with Gasteiger partial charge in [-0.25, -0.2) is 14.6 Å². The number of carboxylic acid groups (broad SMARTS) is 1. The van der Waals surface area contributed by atoms with Crippen LogP contribution in [0.3, 0.4) is 0 Å². The number of amides is 2. The lowest BCUT2D eigenvalue weighted by Crippen LogP contribution is -2.47. The van der Waals surface area contributed by atoms with Gasteiger partial charge in [0.25, 0.3) is 0 Å². The summed E-state index contributed by atoms with van der Waals surface area (Å²) in [6, 6.07) is -0.985. The van der Waals surface area contributed by atoms with Crippen molar-refractivity contribution in [2.75, 3.05) is 18.7 Å². The maximum Gasteiger partial charge on any atom is 0.327 e. The Balaban J connectivity index is 1.99. The molecule has 1 aliphatic rings. The van der Waals surface area contributed by atoms with Crippen molar-refractivity contribution >= 4 is 35.1 Å². The van der Waals surface area contributed by atoms with Gasteiger partial charge in [0.05, 0.1) is 23.6 Å². The molecule has 0 spiro atoms. The zero-order valence-electron chi connectivity index (χ0n) is 9.78. The fraction of sp³-hybridized carbons (Fsp3) is 0.500. The fourth-order valence-corrected chi connectivity index (χ4v) is 3.37. The van der Waals surface area contributed by atoms with Crippen LogP contribution in [0.2, 0.25) is 0 Å². The van der Waals surface area contributed by atoms with Gasteiger partial charge in [-0.05, 0) is 0 Å². The SMILES string of the molecule is CN(Cc1cscn1)C(=O)N1CSC[C@H]1C(=O)O. The second-order valence-electron chi connectivity index (χ2n) is 3.94. The van der Waals surface area contributed by atoms with Gasteiger partial charge in [0.15, 0.2) is 0 Å². The molecular weight excluding hydrogens is 274 g/mol. The molecule has 1 aliphatic heterocycles. The molecule has 0 aromatic carbocycles. The Hall–Kier alpha value is -1.28. The largest absolute Gasteiger partial charge is 0.480 e. The quantitative estimate of drug-likeness (QED) is 0.903. The molecule has 2 heterocycles. The maximum atomic E-state index is 12.1. The number of carbonyl (C=O) groups excluding carboxylic acids is 1. The zero-order valence-corrected chi connectivity index (χ0v) is 11.4. The molecule has 0 unspecified atom stereocenters. The van der Waals surface area contributed by atoms with Crippen molar-refractivity contribution in [2.24, 2.45) is 0 Å². The van der Waals surface area contributed by atoms with Gasteiger partial charge in [-0.1, -0.05) is 0 Å². The fourth-order valence-electron chi connectivity index (χ4n) is 1.68. The molecule has 8 heteroatoms. The van der Waals surface area contributed by atoms with Crippen LogP contribution in [-0.2, 0) is 11.3 Å². The van der Waals surface area contributed by atoms with Crippen LogP contribution < -0.4 is 0 Å². The van der Waals surface area contributed by atoms with Gasteiger partial charge in [0, 0.05) is 18.2 Å². The second-order valence-corrected chi connectivity index (χ2v) is 5.66. The number of rotatable bonds is 3. The van der Waals surface area contributed by atoms with Crippen LogP contribution in [0.15, 0.2) is 10.9 Å². The average molecular weight is 287 g/mol. The summed E-state index contributed by atoms with van der Waals surface area (Å²) in [5.74, 6) is -0.0709. The minimum Gasteiger partial charge on any atom is -0.480 e. The number of carboxylic acids is 1.